The van der Waals surface area contributed by atoms with E-state index in [-0.39, 0.29) is 6.03 Å². The number of hydrogen-bond acceptors (Lipinski definition) is 3. The first-order chi connectivity index (χ1) is 11.2. The zero-order valence-electron chi connectivity index (χ0n) is 12.1. The van der Waals surface area contributed by atoms with Gasteiger partial charge >= 0.3 is 6.03 Å². The SMILES string of the molecule is O=C(NCc1ccc(Cl)cc1)Nc1cnn(-c2ccncc2)c1. The molecule has 2 N–H and O–H groups in total. The minimum atomic E-state index is -0.297. The lowest BCUT2D eigenvalue weighted by Gasteiger charge is -2.06. The van der Waals surface area contributed by atoms with Crippen LogP contribution in [0.15, 0.2) is 61.2 Å². The van der Waals surface area contributed by atoms with Gasteiger partial charge in [0.15, 0.2) is 0 Å². The van der Waals surface area contributed by atoms with Crippen LogP contribution >= 0.6 is 11.6 Å². The van der Waals surface area contributed by atoms with Crippen LogP contribution in [0.4, 0.5) is 10.5 Å². The molecule has 0 spiro atoms. The molecule has 116 valence electrons. The molecule has 0 aliphatic rings. The maximum Gasteiger partial charge on any atom is 0.319 e. The summed E-state index contributed by atoms with van der Waals surface area (Å²) < 4.78 is 1.66. The van der Waals surface area contributed by atoms with Gasteiger partial charge in [0.1, 0.15) is 0 Å². The van der Waals surface area contributed by atoms with E-state index in [0.29, 0.717) is 17.3 Å². The summed E-state index contributed by atoms with van der Waals surface area (Å²) in [6, 6.07) is 10.7. The van der Waals surface area contributed by atoms with Gasteiger partial charge in [0.05, 0.1) is 23.8 Å². The Labute approximate surface area is 138 Å². The monoisotopic (exact) mass is 327 g/mol. The van der Waals surface area contributed by atoms with Crippen molar-refractivity contribution in [2.45, 2.75) is 6.54 Å². The van der Waals surface area contributed by atoms with Crippen molar-refractivity contribution in [2.75, 3.05) is 5.32 Å². The van der Waals surface area contributed by atoms with E-state index in [1.54, 1.807) is 41.6 Å². The Morgan fingerprint density at radius 1 is 1.13 bits per heavy atom. The van der Waals surface area contributed by atoms with Gasteiger partial charge in [0.2, 0.25) is 0 Å². The molecule has 0 unspecified atom stereocenters. The zero-order chi connectivity index (χ0) is 16.1. The molecule has 6 nitrogen and oxygen atoms in total. The van der Waals surface area contributed by atoms with Gasteiger partial charge in [0, 0.05) is 24.0 Å². The molecule has 23 heavy (non-hydrogen) atoms. The largest absolute Gasteiger partial charge is 0.334 e. The van der Waals surface area contributed by atoms with Crippen LogP contribution in [0.5, 0.6) is 0 Å². The van der Waals surface area contributed by atoms with Crippen LogP contribution in [0.1, 0.15) is 5.56 Å². The molecule has 2 amide bonds. The average Bonchev–Trinajstić information content (AvgIpc) is 3.04. The van der Waals surface area contributed by atoms with Crippen molar-refractivity contribution in [1.82, 2.24) is 20.1 Å². The Hall–Kier alpha value is -2.86. The van der Waals surface area contributed by atoms with Crippen LogP contribution in [0.2, 0.25) is 5.02 Å². The summed E-state index contributed by atoms with van der Waals surface area (Å²) in [5, 5.41) is 10.4. The predicted molar refractivity (Wildman–Crippen MR) is 88.7 cm³/mol. The number of aromatic nitrogens is 3. The molecule has 0 bridgehead atoms. The van der Waals surface area contributed by atoms with Crippen LogP contribution < -0.4 is 10.6 Å². The number of benzene rings is 1. The third kappa shape index (κ3) is 4.08. The topological polar surface area (TPSA) is 71.8 Å². The first kappa shape index (κ1) is 15.1. The second kappa shape index (κ2) is 6.93. The number of nitrogens with one attached hydrogen (secondary N) is 2. The number of pyridine rings is 1. The number of carbonyl (C=O) groups is 1. The van der Waals surface area contributed by atoms with Gasteiger partial charge in [-0.25, -0.2) is 9.48 Å². The highest BCUT2D eigenvalue weighted by Gasteiger charge is 2.05. The molecular weight excluding hydrogens is 314 g/mol. The Balaban J connectivity index is 1.56. The standard InChI is InChI=1S/C16H14ClN5O/c17-13-3-1-12(2-4-13)9-19-16(23)21-14-10-20-22(11-14)15-5-7-18-8-6-15/h1-8,10-11H,9H2,(H2,19,21,23). The van der Waals surface area contributed by atoms with E-state index >= 15 is 0 Å². The summed E-state index contributed by atoms with van der Waals surface area (Å²) >= 11 is 5.82. The fourth-order valence-corrected chi connectivity index (χ4v) is 2.11. The Morgan fingerprint density at radius 3 is 2.61 bits per heavy atom. The molecule has 0 saturated carbocycles. The lowest BCUT2D eigenvalue weighted by atomic mass is 10.2. The molecule has 2 heterocycles. The van der Waals surface area contributed by atoms with Crippen LogP contribution in [0.25, 0.3) is 5.69 Å². The smallest absolute Gasteiger partial charge is 0.319 e. The van der Waals surface area contributed by atoms with Gasteiger partial charge in [-0.3, -0.25) is 4.98 Å². The number of amides is 2. The lowest BCUT2D eigenvalue weighted by Crippen LogP contribution is -2.27. The third-order valence-electron chi connectivity index (χ3n) is 3.13. The molecule has 0 radical (unpaired) electrons. The molecule has 3 aromatic rings. The third-order valence-corrected chi connectivity index (χ3v) is 3.39. The molecular formula is C16H14ClN5O. The fourth-order valence-electron chi connectivity index (χ4n) is 1.99. The van der Waals surface area contributed by atoms with Gasteiger partial charge < -0.3 is 10.6 Å². The second-order valence-corrected chi connectivity index (χ2v) is 5.25. The highest BCUT2D eigenvalue weighted by atomic mass is 35.5. The lowest BCUT2D eigenvalue weighted by molar-refractivity contribution is 0.251. The van der Waals surface area contributed by atoms with E-state index in [2.05, 4.69) is 20.7 Å². The minimum absolute atomic E-state index is 0.297. The zero-order valence-corrected chi connectivity index (χ0v) is 12.9. The summed E-state index contributed by atoms with van der Waals surface area (Å²) in [6.45, 7) is 0.418. The van der Waals surface area contributed by atoms with E-state index in [1.165, 1.54) is 0 Å². The molecule has 2 aromatic heterocycles. The number of urea groups is 1. The molecule has 1 aromatic carbocycles. The Morgan fingerprint density at radius 2 is 1.87 bits per heavy atom. The minimum Gasteiger partial charge on any atom is -0.334 e. The number of anilines is 1. The molecule has 0 fully saturated rings. The quantitative estimate of drug-likeness (QED) is 0.772. The van der Waals surface area contributed by atoms with Crippen LogP contribution in [-0.4, -0.2) is 20.8 Å². The first-order valence-corrected chi connectivity index (χ1v) is 7.33. The van der Waals surface area contributed by atoms with Crippen molar-refractivity contribution in [3.8, 4) is 5.69 Å². The van der Waals surface area contributed by atoms with Crippen molar-refractivity contribution >= 4 is 23.3 Å². The van der Waals surface area contributed by atoms with E-state index in [1.807, 2.05) is 24.3 Å². The number of nitrogens with zero attached hydrogens (tertiary/aromatic N) is 3. The summed E-state index contributed by atoms with van der Waals surface area (Å²) in [5.41, 5.74) is 2.45. The van der Waals surface area contributed by atoms with Crippen LogP contribution in [0, 0.1) is 0 Å². The van der Waals surface area contributed by atoms with E-state index in [4.69, 9.17) is 11.6 Å². The normalized spacial score (nSPS) is 10.3. The average molecular weight is 328 g/mol. The van der Waals surface area contributed by atoms with Crippen molar-refractivity contribution in [3.63, 3.8) is 0 Å². The number of halogens is 1. The maximum absolute atomic E-state index is 11.9. The first-order valence-electron chi connectivity index (χ1n) is 6.95. The summed E-state index contributed by atoms with van der Waals surface area (Å²) in [7, 11) is 0. The fraction of sp³-hybridized carbons (Fsp3) is 0.0625. The van der Waals surface area contributed by atoms with Gasteiger partial charge in [0.25, 0.3) is 0 Å². The van der Waals surface area contributed by atoms with Gasteiger partial charge in [-0.15, -0.1) is 0 Å². The number of hydrogen-bond donors (Lipinski definition) is 2. The van der Waals surface area contributed by atoms with E-state index in [0.717, 1.165) is 11.3 Å². The highest BCUT2D eigenvalue weighted by molar-refractivity contribution is 6.30. The number of rotatable bonds is 4. The van der Waals surface area contributed by atoms with E-state index in [9.17, 15) is 4.79 Å². The van der Waals surface area contributed by atoms with Gasteiger partial charge in [-0.1, -0.05) is 23.7 Å². The van der Waals surface area contributed by atoms with Crippen molar-refractivity contribution in [2.24, 2.45) is 0 Å². The predicted octanol–water partition coefficient (Wildman–Crippen LogP) is 3.24. The molecule has 0 aliphatic carbocycles. The molecule has 0 aliphatic heterocycles. The molecule has 0 atom stereocenters. The highest BCUT2D eigenvalue weighted by Crippen LogP contribution is 2.11. The molecule has 7 heteroatoms. The Kier molecular flexibility index (Phi) is 4.54. The van der Waals surface area contributed by atoms with Crippen molar-refractivity contribution < 1.29 is 4.79 Å². The van der Waals surface area contributed by atoms with Crippen LogP contribution in [0.3, 0.4) is 0 Å². The molecule has 0 saturated heterocycles. The number of carbonyl (C=O) groups excluding carboxylic acids is 1. The summed E-state index contributed by atoms with van der Waals surface area (Å²) in [4.78, 5) is 15.9. The maximum atomic E-state index is 11.9. The van der Waals surface area contributed by atoms with Gasteiger partial charge in [-0.05, 0) is 29.8 Å². The van der Waals surface area contributed by atoms with E-state index < -0.39 is 0 Å². The summed E-state index contributed by atoms with van der Waals surface area (Å²) in [5.74, 6) is 0. The van der Waals surface area contributed by atoms with Crippen molar-refractivity contribution in [3.05, 3.63) is 71.8 Å². The summed E-state index contributed by atoms with van der Waals surface area (Å²) in [6.07, 6.45) is 6.69. The van der Waals surface area contributed by atoms with Crippen molar-refractivity contribution in [1.29, 1.82) is 0 Å². The second-order valence-electron chi connectivity index (χ2n) is 4.81. The Bertz CT molecular complexity index is 786. The molecule has 3 rings (SSSR count). The van der Waals surface area contributed by atoms with Gasteiger partial charge in [-0.2, -0.15) is 5.10 Å². The van der Waals surface area contributed by atoms with Crippen LogP contribution in [-0.2, 0) is 6.54 Å².